The molecule has 4 aromatic carbocycles. The minimum atomic E-state index is -0.461. The van der Waals surface area contributed by atoms with Crippen molar-refractivity contribution in [2.45, 2.75) is 19.3 Å². The number of anilines is 2. The van der Waals surface area contributed by atoms with E-state index in [4.69, 9.17) is 4.74 Å². The van der Waals surface area contributed by atoms with Crippen LogP contribution in [0.1, 0.15) is 19.3 Å². The Morgan fingerprint density at radius 1 is 0.829 bits per heavy atom. The number of phenols is 1. The molecule has 1 aliphatic rings. The molecule has 4 aromatic rings. The van der Waals surface area contributed by atoms with Gasteiger partial charge in [0.05, 0.1) is 0 Å². The molecule has 0 atom stereocenters. The molecule has 0 saturated carbocycles. The lowest BCUT2D eigenvalue weighted by Crippen LogP contribution is -2.33. The Kier molecular flexibility index (Phi) is 6.82. The van der Waals surface area contributed by atoms with Gasteiger partial charge < -0.3 is 15.2 Å². The van der Waals surface area contributed by atoms with E-state index in [1.807, 2.05) is 24.3 Å². The number of hydrogen-bond acceptors (Lipinski definition) is 4. The van der Waals surface area contributed by atoms with Crippen molar-refractivity contribution in [1.29, 1.82) is 0 Å². The Morgan fingerprint density at radius 3 is 2.46 bits per heavy atom. The fourth-order valence-electron chi connectivity index (χ4n) is 4.59. The number of ether oxygens (including phenoxy) is 1. The van der Waals surface area contributed by atoms with E-state index in [2.05, 4.69) is 10.2 Å². The summed E-state index contributed by atoms with van der Waals surface area (Å²) in [6, 6.07) is 20.2. The summed E-state index contributed by atoms with van der Waals surface area (Å²) in [5.74, 6) is -0.433. The van der Waals surface area contributed by atoms with Crippen LogP contribution in [-0.4, -0.2) is 36.2 Å². The number of phenolic OH excluding ortho intramolecular Hbond substituents is 1. The summed E-state index contributed by atoms with van der Waals surface area (Å²) < 4.78 is 34.6. The molecule has 0 radical (unpaired) electrons. The Morgan fingerprint density at radius 2 is 1.63 bits per heavy atom. The van der Waals surface area contributed by atoms with Gasteiger partial charge in [-0.15, -0.1) is 0 Å². The monoisotopic (exact) mass is 474 g/mol. The van der Waals surface area contributed by atoms with Crippen LogP contribution < -0.4 is 10.1 Å². The molecule has 5 rings (SSSR count). The average molecular weight is 475 g/mol. The van der Waals surface area contributed by atoms with Gasteiger partial charge in [0.2, 0.25) is 0 Å². The van der Waals surface area contributed by atoms with Crippen molar-refractivity contribution in [3.8, 4) is 22.6 Å². The second-order valence-electron chi connectivity index (χ2n) is 8.96. The van der Waals surface area contributed by atoms with Crippen LogP contribution in [0.5, 0.6) is 11.5 Å². The summed E-state index contributed by atoms with van der Waals surface area (Å²) >= 11 is 0. The zero-order chi connectivity index (χ0) is 24.2. The number of fused-ring (bicyclic) bond motifs is 1. The number of rotatable bonds is 7. The van der Waals surface area contributed by atoms with Gasteiger partial charge >= 0.3 is 0 Å². The van der Waals surface area contributed by atoms with Crippen LogP contribution in [0.15, 0.2) is 72.8 Å². The highest BCUT2D eigenvalue weighted by atomic mass is 19.1. The zero-order valence-electron chi connectivity index (χ0n) is 19.4. The third-order valence-electron chi connectivity index (χ3n) is 6.44. The van der Waals surface area contributed by atoms with Gasteiger partial charge in [0.15, 0.2) is 11.6 Å². The van der Waals surface area contributed by atoms with E-state index in [1.165, 1.54) is 37.5 Å². The first-order valence-electron chi connectivity index (χ1n) is 12.0. The van der Waals surface area contributed by atoms with Gasteiger partial charge in [-0.2, -0.15) is 0 Å². The molecule has 0 bridgehead atoms. The second kappa shape index (κ2) is 10.3. The lowest BCUT2D eigenvalue weighted by Gasteiger charge is -2.26. The van der Waals surface area contributed by atoms with Crippen LogP contribution in [0.4, 0.5) is 20.2 Å². The summed E-state index contributed by atoms with van der Waals surface area (Å²) in [5, 5.41) is 14.7. The van der Waals surface area contributed by atoms with E-state index in [0.717, 1.165) is 41.5 Å². The number of benzene rings is 4. The Bertz CT molecular complexity index is 1340. The summed E-state index contributed by atoms with van der Waals surface area (Å²) in [5.41, 5.74) is 2.69. The largest absolute Gasteiger partial charge is 0.508 e. The van der Waals surface area contributed by atoms with E-state index in [0.29, 0.717) is 18.0 Å². The van der Waals surface area contributed by atoms with Crippen molar-refractivity contribution in [3.63, 3.8) is 0 Å². The van der Waals surface area contributed by atoms with Crippen LogP contribution in [0, 0.1) is 11.6 Å². The van der Waals surface area contributed by atoms with Gasteiger partial charge in [-0.3, -0.25) is 4.90 Å². The molecule has 2 N–H and O–H groups in total. The molecule has 35 heavy (non-hydrogen) atoms. The number of likely N-dealkylation sites (tertiary alicyclic amines) is 1. The molecule has 4 nitrogen and oxygen atoms in total. The second-order valence-corrected chi connectivity index (χ2v) is 8.96. The van der Waals surface area contributed by atoms with Crippen molar-refractivity contribution in [1.82, 2.24) is 4.90 Å². The van der Waals surface area contributed by atoms with Gasteiger partial charge in [-0.05, 0) is 90.8 Å². The summed E-state index contributed by atoms with van der Waals surface area (Å²) in [6.07, 6.45) is 3.69. The molecule has 0 amide bonds. The third-order valence-corrected chi connectivity index (χ3v) is 6.44. The normalized spacial score (nSPS) is 14.2. The average Bonchev–Trinajstić information content (AvgIpc) is 2.86. The summed E-state index contributed by atoms with van der Waals surface area (Å²) in [7, 11) is 0. The molecule has 1 aliphatic heterocycles. The van der Waals surface area contributed by atoms with E-state index >= 15 is 0 Å². The SMILES string of the molecule is Oc1ccc2cc(-c3ccc(F)cc3Nc3ccc(OCCN4CCCCC4)c(F)c3)ccc2c1. The number of hydrogen-bond donors (Lipinski definition) is 2. The minimum absolute atomic E-state index is 0.204. The maximum absolute atomic E-state index is 14.8. The Balaban J connectivity index is 1.33. The van der Waals surface area contributed by atoms with Crippen LogP contribution in [0.25, 0.3) is 21.9 Å². The van der Waals surface area contributed by atoms with Crippen LogP contribution in [0.2, 0.25) is 0 Å². The summed E-state index contributed by atoms with van der Waals surface area (Å²) in [6.45, 7) is 3.38. The van der Waals surface area contributed by atoms with Crippen molar-refractivity contribution >= 4 is 22.1 Å². The maximum atomic E-state index is 14.8. The van der Waals surface area contributed by atoms with Gasteiger partial charge in [0.25, 0.3) is 0 Å². The zero-order valence-corrected chi connectivity index (χ0v) is 19.4. The number of nitrogens with zero attached hydrogens (tertiary/aromatic N) is 1. The van der Waals surface area contributed by atoms with E-state index in [-0.39, 0.29) is 17.3 Å². The van der Waals surface area contributed by atoms with Gasteiger partial charge in [0.1, 0.15) is 18.2 Å². The molecule has 1 heterocycles. The van der Waals surface area contributed by atoms with Gasteiger partial charge in [0, 0.05) is 29.5 Å². The molecular formula is C29H28F2N2O2. The Labute approximate surface area is 203 Å². The lowest BCUT2D eigenvalue weighted by atomic mass is 9.99. The number of nitrogens with one attached hydrogen (secondary N) is 1. The molecule has 0 spiro atoms. The first-order valence-corrected chi connectivity index (χ1v) is 12.0. The third kappa shape index (κ3) is 5.54. The lowest BCUT2D eigenvalue weighted by molar-refractivity contribution is 0.180. The fourth-order valence-corrected chi connectivity index (χ4v) is 4.59. The molecule has 0 unspecified atom stereocenters. The number of halogens is 2. The van der Waals surface area contributed by atoms with E-state index in [1.54, 1.807) is 30.3 Å². The quantitative estimate of drug-likeness (QED) is 0.300. The van der Waals surface area contributed by atoms with Gasteiger partial charge in [-0.25, -0.2) is 8.78 Å². The first-order chi connectivity index (χ1) is 17.0. The van der Waals surface area contributed by atoms with Crippen molar-refractivity contribution < 1.29 is 18.6 Å². The molecule has 0 aromatic heterocycles. The molecular weight excluding hydrogens is 446 g/mol. The van der Waals surface area contributed by atoms with Crippen LogP contribution in [0.3, 0.4) is 0 Å². The topological polar surface area (TPSA) is 44.7 Å². The van der Waals surface area contributed by atoms with E-state index in [9.17, 15) is 13.9 Å². The molecule has 6 heteroatoms. The molecule has 1 fully saturated rings. The number of aromatic hydroxyl groups is 1. The highest BCUT2D eigenvalue weighted by Crippen LogP contribution is 2.34. The molecule has 180 valence electrons. The highest BCUT2D eigenvalue weighted by molar-refractivity contribution is 5.91. The van der Waals surface area contributed by atoms with Crippen molar-refractivity contribution in [3.05, 3.63) is 84.4 Å². The summed E-state index contributed by atoms with van der Waals surface area (Å²) in [4.78, 5) is 2.35. The fraction of sp³-hybridized carbons (Fsp3) is 0.241. The van der Waals surface area contributed by atoms with E-state index < -0.39 is 5.82 Å². The van der Waals surface area contributed by atoms with Crippen LogP contribution >= 0.6 is 0 Å². The predicted molar refractivity (Wildman–Crippen MR) is 136 cm³/mol. The standard InChI is InChI=1S/C29H28F2N2O2/c30-23-7-10-26(22-5-4-21-17-25(34)9-6-20(21)16-22)28(18-23)32-24-8-11-29(27(31)19-24)35-15-14-33-12-2-1-3-13-33/h4-11,16-19,32,34H,1-3,12-15H2. The van der Waals surface area contributed by atoms with Gasteiger partial charge in [-0.1, -0.05) is 24.6 Å². The molecule has 0 aliphatic carbocycles. The van der Waals surface area contributed by atoms with Crippen LogP contribution in [-0.2, 0) is 0 Å². The predicted octanol–water partition coefficient (Wildman–Crippen LogP) is 7.10. The highest BCUT2D eigenvalue weighted by Gasteiger charge is 2.13. The smallest absolute Gasteiger partial charge is 0.167 e. The maximum Gasteiger partial charge on any atom is 0.167 e. The molecule has 1 saturated heterocycles. The Hall–Kier alpha value is -3.64. The van der Waals surface area contributed by atoms with Crippen molar-refractivity contribution in [2.75, 3.05) is 31.6 Å². The number of piperidine rings is 1. The minimum Gasteiger partial charge on any atom is -0.508 e. The van der Waals surface area contributed by atoms with Crippen molar-refractivity contribution in [2.24, 2.45) is 0 Å². The first kappa shape index (κ1) is 23.1.